The molecule has 0 saturated carbocycles. The van der Waals surface area contributed by atoms with Crippen LogP contribution in [0.1, 0.15) is 130 Å². The highest BCUT2D eigenvalue weighted by Crippen LogP contribution is 2.25. The van der Waals surface area contributed by atoms with Crippen LogP contribution >= 0.6 is 0 Å². The first kappa shape index (κ1) is 24.0. The number of unbranched alkanes of at least 4 members (excludes halogenated alkanes) is 9. The van der Waals surface area contributed by atoms with Crippen molar-refractivity contribution in [3.05, 3.63) is 0 Å². The van der Waals surface area contributed by atoms with Gasteiger partial charge in [0, 0.05) is 6.04 Å². The highest BCUT2D eigenvalue weighted by molar-refractivity contribution is 4.74. The summed E-state index contributed by atoms with van der Waals surface area (Å²) in [6, 6.07) is 0.424. The summed E-state index contributed by atoms with van der Waals surface area (Å²) in [4.78, 5) is 0. The van der Waals surface area contributed by atoms with E-state index in [0.29, 0.717) is 12.0 Å². The molecule has 0 aromatic carbocycles. The lowest BCUT2D eigenvalue weighted by Crippen LogP contribution is -2.31. The van der Waals surface area contributed by atoms with Crippen LogP contribution in [0.4, 0.5) is 0 Å². The Labute approximate surface area is 154 Å². The Balaban J connectivity index is 3.97. The van der Waals surface area contributed by atoms with Crippen molar-refractivity contribution in [2.75, 3.05) is 0 Å². The van der Waals surface area contributed by atoms with Gasteiger partial charge in [-0.05, 0) is 24.7 Å². The van der Waals surface area contributed by atoms with Gasteiger partial charge in [0.2, 0.25) is 0 Å². The van der Waals surface area contributed by atoms with Crippen molar-refractivity contribution in [3.63, 3.8) is 0 Å². The Morgan fingerprint density at radius 1 is 0.583 bits per heavy atom. The van der Waals surface area contributed by atoms with Crippen LogP contribution in [0.25, 0.3) is 0 Å². The molecule has 0 aliphatic carbocycles. The summed E-state index contributed by atoms with van der Waals surface area (Å²) in [5.41, 5.74) is 6.56. The summed E-state index contributed by atoms with van der Waals surface area (Å²) in [6.07, 6.45) is 22.2. The maximum Gasteiger partial charge on any atom is 0.00671 e. The zero-order chi connectivity index (χ0) is 18.0. The van der Waals surface area contributed by atoms with Crippen LogP contribution in [0, 0.1) is 11.8 Å². The largest absolute Gasteiger partial charge is 0.327 e. The van der Waals surface area contributed by atoms with Gasteiger partial charge in [-0.3, -0.25) is 0 Å². The summed E-state index contributed by atoms with van der Waals surface area (Å²) in [7, 11) is 0. The Morgan fingerprint density at radius 3 is 1.67 bits per heavy atom. The molecule has 24 heavy (non-hydrogen) atoms. The lowest BCUT2D eigenvalue weighted by Gasteiger charge is -2.25. The van der Waals surface area contributed by atoms with Crippen LogP contribution in [0.3, 0.4) is 0 Å². The van der Waals surface area contributed by atoms with E-state index in [1.165, 1.54) is 103 Å². The summed E-state index contributed by atoms with van der Waals surface area (Å²) in [6.45, 7) is 9.28. The number of nitrogens with two attached hydrogens (primary N) is 1. The zero-order valence-electron chi connectivity index (χ0n) is 17.6. The molecule has 3 unspecified atom stereocenters. The Kier molecular flexibility index (Phi) is 17.7. The number of hydrogen-bond acceptors (Lipinski definition) is 1. The van der Waals surface area contributed by atoms with E-state index in [9.17, 15) is 0 Å². The fourth-order valence-corrected chi connectivity index (χ4v) is 3.81. The van der Waals surface area contributed by atoms with Gasteiger partial charge in [-0.15, -0.1) is 0 Å². The van der Waals surface area contributed by atoms with Crippen LogP contribution < -0.4 is 5.73 Å². The summed E-state index contributed by atoms with van der Waals surface area (Å²) < 4.78 is 0. The molecule has 0 aliphatic heterocycles. The van der Waals surface area contributed by atoms with Gasteiger partial charge >= 0.3 is 0 Å². The van der Waals surface area contributed by atoms with Gasteiger partial charge in [-0.2, -0.15) is 0 Å². The molecule has 0 heterocycles. The minimum Gasteiger partial charge on any atom is -0.327 e. The molecule has 1 nitrogen and oxygen atoms in total. The monoisotopic (exact) mass is 339 g/mol. The average Bonchev–Trinajstić information content (AvgIpc) is 2.58. The summed E-state index contributed by atoms with van der Waals surface area (Å²) in [5.74, 6) is 1.58. The van der Waals surface area contributed by atoms with Crippen LogP contribution in [-0.2, 0) is 0 Å². The van der Waals surface area contributed by atoms with E-state index in [-0.39, 0.29) is 0 Å². The molecule has 0 amide bonds. The molecule has 0 bridgehead atoms. The lowest BCUT2D eigenvalue weighted by atomic mass is 9.84. The van der Waals surface area contributed by atoms with Gasteiger partial charge in [-0.25, -0.2) is 0 Å². The van der Waals surface area contributed by atoms with Crippen molar-refractivity contribution in [3.8, 4) is 0 Å². The molecule has 3 atom stereocenters. The number of hydrogen-bond donors (Lipinski definition) is 1. The second kappa shape index (κ2) is 17.8. The molecule has 0 aromatic heterocycles. The van der Waals surface area contributed by atoms with E-state index < -0.39 is 0 Å². The minimum atomic E-state index is 0.424. The Bertz CT molecular complexity index is 238. The predicted molar refractivity (Wildman–Crippen MR) is 112 cm³/mol. The maximum absolute atomic E-state index is 6.56. The fraction of sp³-hybridized carbons (Fsp3) is 1.00. The highest BCUT2D eigenvalue weighted by atomic mass is 14.6. The van der Waals surface area contributed by atoms with Crippen molar-refractivity contribution in [1.29, 1.82) is 0 Å². The molecule has 2 N–H and O–H groups in total. The third-order valence-corrected chi connectivity index (χ3v) is 5.78. The quantitative estimate of drug-likeness (QED) is 0.253. The minimum absolute atomic E-state index is 0.424. The van der Waals surface area contributed by atoms with Crippen molar-refractivity contribution >= 4 is 0 Å². The molecular formula is C23H49N. The standard InChI is InChI=1S/C23H49N/c1-5-8-11-12-13-14-16-19-22(18-10-7-3)20-23(24)21(4)17-15-9-6-2/h21-23H,5-20,24H2,1-4H3. The first-order valence-electron chi connectivity index (χ1n) is 11.4. The smallest absolute Gasteiger partial charge is 0.00671 e. The van der Waals surface area contributed by atoms with E-state index in [1.54, 1.807) is 0 Å². The van der Waals surface area contributed by atoms with Crippen molar-refractivity contribution in [2.24, 2.45) is 17.6 Å². The van der Waals surface area contributed by atoms with E-state index in [4.69, 9.17) is 5.73 Å². The van der Waals surface area contributed by atoms with Gasteiger partial charge in [0.1, 0.15) is 0 Å². The normalized spacial score (nSPS) is 15.4. The van der Waals surface area contributed by atoms with Gasteiger partial charge in [0.15, 0.2) is 0 Å². The van der Waals surface area contributed by atoms with Crippen molar-refractivity contribution < 1.29 is 0 Å². The Morgan fingerprint density at radius 2 is 1.04 bits per heavy atom. The van der Waals surface area contributed by atoms with Crippen molar-refractivity contribution in [1.82, 2.24) is 0 Å². The lowest BCUT2D eigenvalue weighted by molar-refractivity contribution is 0.302. The van der Waals surface area contributed by atoms with Gasteiger partial charge in [0.05, 0.1) is 0 Å². The van der Waals surface area contributed by atoms with Crippen LogP contribution in [0.2, 0.25) is 0 Å². The molecule has 0 spiro atoms. The highest BCUT2D eigenvalue weighted by Gasteiger charge is 2.18. The molecule has 0 radical (unpaired) electrons. The maximum atomic E-state index is 6.56. The Hall–Kier alpha value is -0.0400. The summed E-state index contributed by atoms with van der Waals surface area (Å²) >= 11 is 0. The first-order valence-corrected chi connectivity index (χ1v) is 11.4. The SMILES string of the molecule is CCCCCCCCCC(CCCC)CC(N)C(C)CCCCC. The van der Waals surface area contributed by atoms with Gasteiger partial charge in [-0.1, -0.05) is 118 Å². The third-order valence-electron chi connectivity index (χ3n) is 5.78. The number of rotatable bonds is 18. The molecular weight excluding hydrogens is 290 g/mol. The molecule has 146 valence electrons. The van der Waals surface area contributed by atoms with Crippen LogP contribution in [0.15, 0.2) is 0 Å². The van der Waals surface area contributed by atoms with Crippen LogP contribution in [0.5, 0.6) is 0 Å². The molecule has 1 heteroatoms. The topological polar surface area (TPSA) is 26.0 Å². The average molecular weight is 340 g/mol. The van der Waals surface area contributed by atoms with E-state index in [0.717, 1.165) is 5.92 Å². The van der Waals surface area contributed by atoms with E-state index in [1.807, 2.05) is 0 Å². The van der Waals surface area contributed by atoms with E-state index in [2.05, 4.69) is 27.7 Å². The molecule has 0 saturated heterocycles. The predicted octanol–water partition coefficient (Wildman–Crippen LogP) is 7.87. The molecule has 0 fully saturated rings. The molecule has 0 rings (SSSR count). The zero-order valence-corrected chi connectivity index (χ0v) is 17.6. The van der Waals surface area contributed by atoms with Crippen molar-refractivity contribution in [2.45, 2.75) is 136 Å². The fourth-order valence-electron chi connectivity index (χ4n) is 3.81. The van der Waals surface area contributed by atoms with Gasteiger partial charge in [0.25, 0.3) is 0 Å². The second-order valence-electron chi connectivity index (χ2n) is 8.29. The summed E-state index contributed by atoms with van der Waals surface area (Å²) in [5, 5.41) is 0. The second-order valence-corrected chi connectivity index (χ2v) is 8.29. The first-order chi connectivity index (χ1) is 11.7. The molecule has 0 aliphatic rings. The van der Waals surface area contributed by atoms with E-state index >= 15 is 0 Å². The molecule has 0 aromatic rings. The van der Waals surface area contributed by atoms with Crippen LogP contribution in [-0.4, -0.2) is 6.04 Å². The third kappa shape index (κ3) is 14.3. The van der Waals surface area contributed by atoms with Gasteiger partial charge < -0.3 is 5.73 Å².